The molecule has 3 aliphatic carbocycles. The maximum atomic E-state index is 13.4. The van der Waals surface area contributed by atoms with Gasteiger partial charge in [-0.2, -0.15) is 4.98 Å². The lowest BCUT2D eigenvalue weighted by Gasteiger charge is -2.70. The molecule has 0 atom stereocenters. The zero-order valence-corrected chi connectivity index (χ0v) is 16.3. The highest BCUT2D eigenvalue weighted by Gasteiger charge is 2.69. The van der Waals surface area contributed by atoms with E-state index in [0.29, 0.717) is 25.1 Å². The molecule has 0 saturated heterocycles. The van der Waals surface area contributed by atoms with E-state index in [2.05, 4.69) is 20.6 Å². The average molecular weight is 421 g/mol. The van der Waals surface area contributed by atoms with Gasteiger partial charge in [-0.3, -0.25) is 9.59 Å². The highest BCUT2D eigenvalue weighted by Crippen LogP contribution is 2.60. The number of carbonyl (C=O) groups excluding carboxylic acids is 2. The molecule has 0 radical (unpaired) electrons. The summed E-state index contributed by atoms with van der Waals surface area (Å²) in [5, 5.41) is 5.85. The molecule has 1 aromatic heterocycles. The predicted octanol–water partition coefficient (Wildman–Crippen LogP) is 1.88. The number of hydrogen-bond acceptors (Lipinski definition) is 6. The van der Waals surface area contributed by atoms with Gasteiger partial charge in [0.05, 0.1) is 12.1 Å². The van der Waals surface area contributed by atoms with Crippen molar-refractivity contribution in [1.82, 2.24) is 20.6 Å². The van der Waals surface area contributed by atoms with Crippen molar-refractivity contribution < 1.29 is 23.5 Å². The Labute approximate surface area is 170 Å². The van der Waals surface area contributed by atoms with Crippen LogP contribution >= 0.6 is 11.6 Å². The van der Waals surface area contributed by atoms with Crippen molar-refractivity contribution in [3.63, 3.8) is 0 Å². The quantitative estimate of drug-likeness (QED) is 0.709. The highest BCUT2D eigenvalue weighted by molar-refractivity contribution is 6.30. The first-order valence-corrected chi connectivity index (χ1v) is 9.28. The molecule has 2 amide bonds. The maximum absolute atomic E-state index is 13.4. The first kappa shape index (κ1) is 19.4. The third kappa shape index (κ3) is 3.82. The van der Waals surface area contributed by atoms with Crippen molar-refractivity contribution in [2.24, 2.45) is 0 Å². The minimum absolute atomic E-state index is 0.0117. The number of ether oxygens (including phenoxy) is 2. The second kappa shape index (κ2) is 7.14. The molecule has 2 bridgehead atoms. The third-order valence-corrected chi connectivity index (χ3v) is 5.42. The van der Waals surface area contributed by atoms with E-state index >= 15 is 0 Å². The van der Waals surface area contributed by atoms with Gasteiger partial charge in [0, 0.05) is 29.4 Å². The fraction of sp³-hybridized carbons (Fsp3) is 0.368. The van der Waals surface area contributed by atoms with Crippen LogP contribution < -0.4 is 20.1 Å². The number of hydrogen-bond donors (Lipinski definition) is 2. The van der Waals surface area contributed by atoms with Crippen LogP contribution in [-0.2, 0) is 4.79 Å². The normalized spacial score (nSPS) is 24.0. The summed E-state index contributed by atoms with van der Waals surface area (Å²) in [6.07, 6.45) is 3.32. The highest BCUT2D eigenvalue weighted by atomic mass is 35.5. The Morgan fingerprint density at radius 2 is 1.93 bits per heavy atom. The summed E-state index contributed by atoms with van der Waals surface area (Å²) in [6.45, 7) is -0.236. The molecule has 2 N–H and O–H groups in total. The van der Waals surface area contributed by atoms with Gasteiger partial charge in [-0.05, 0) is 31.4 Å². The van der Waals surface area contributed by atoms with E-state index < -0.39 is 5.82 Å². The number of benzene rings is 1. The largest absolute Gasteiger partial charge is 0.484 e. The lowest BCUT2D eigenvalue weighted by atomic mass is 9.44. The summed E-state index contributed by atoms with van der Waals surface area (Å²) in [5.74, 6) is -0.723. The second-order valence-corrected chi connectivity index (χ2v) is 7.79. The van der Waals surface area contributed by atoms with Crippen LogP contribution in [0, 0.1) is 5.82 Å². The Balaban J connectivity index is 1.24. The van der Waals surface area contributed by atoms with Crippen LogP contribution in [0.15, 0.2) is 30.5 Å². The van der Waals surface area contributed by atoms with Gasteiger partial charge in [0.15, 0.2) is 6.61 Å². The van der Waals surface area contributed by atoms with Gasteiger partial charge in [0.25, 0.3) is 11.8 Å². The van der Waals surface area contributed by atoms with Crippen molar-refractivity contribution in [1.29, 1.82) is 0 Å². The van der Waals surface area contributed by atoms with E-state index in [1.807, 2.05) is 0 Å². The van der Waals surface area contributed by atoms with Gasteiger partial charge in [-0.25, -0.2) is 9.37 Å². The van der Waals surface area contributed by atoms with Gasteiger partial charge in [0.1, 0.15) is 11.6 Å². The Morgan fingerprint density at radius 3 is 2.62 bits per heavy atom. The lowest BCUT2D eigenvalue weighted by Crippen LogP contribution is -2.84. The summed E-state index contributed by atoms with van der Waals surface area (Å²) in [6, 6.07) is 5.54. The molecule has 3 fully saturated rings. The Morgan fingerprint density at radius 1 is 1.21 bits per heavy atom. The molecule has 29 heavy (non-hydrogen) atoms. The first-order valence-electron chi connectivity index (χ1n) is 8.91. The van der Waals surface area contributed by atoms with Crippen molar-refractivity contribution in [3.05, 3.63) is 47.1 Å². The number of halogens is 2. The first-order chi connectivity index (χ1) is 13.8. The maximum Gasteiger partial charge on any atom is 0.289 e. The monoisotopic (exact) mass is 420 g/mol. The number of methoxy groups -OCH3 is 1. The fourth-order valence-electron chi connectivity index (χ4n) is 3.96. The van der Waals surface area contributed by atoms with Crippen molar-refractivity contribution >= 4 is 23.4 Å². The zero-order chi connectivity index (χ0) is 20.6. The van der Waals surface area contributed by atoms with Gasteiger partial charge >= 0.3 is 0 Å². The smallest absolute Gasteiger partial charge is 0.289 e. The van der Waals surface area contributed by atoms with Crippen molar-refractivity contribution in [2.75, 3.05) is 13.7 Å². The topological polar surface area (TPSA) is 102 Å². The molecule has 5 rings (SSSR count). The summed E-state index contributed by atoms with van der Waals surface area (Å²) in [5.41, 5.74) is -0.689. The third-order valence-electron chi connectivity index (χ3n) is 5.12. The van der Waals surface area contributed by atoms with Crippen LogP contribution in [-0.4, -0.2) is 46.6 Å². The SMILES string of the molecule is COc1ccnc(C(=O)NC23CC(NC(=O)COc4ccc(Cl)c(F)c4)(C2)C3)n1. The van der Waals surface area contributed by atoms with Crippen LogP contribution in [0.4, 0.5) is 4.39 Å². The van der Waals surface area contributed by atoms with Gasteiger partial charge in [-0.15, -0.1) is 0 Å². The molecule has 1 aromatic carbocycles. The number of rotatable bonds is 7. The molecule has 10 heteroatoms. The zero-order valence-electron chi connectivity index (χ0n) is 15.5. The number of nitrogens with one attached hydrogen (secondary N) is 2. The van der Waals surface area contributed by atoms with Crippen LogP contribution in [0.25, 0.3) is 0 Å². The average Bonchev–Trinajstić information content (AvgIpc) is 2.66. The lowest BCUT2D eigenvalue weighted by molar-refractivity contribution is -0.141. The molecular formula is C19H18ClFN4O4. The number of aromatic nitrogens is 2. The van der Waals surface area contributed by atoms with E-state index in [9.17, 15) is 14.0 Å². The van der Waals surface area contributed by atoms with Crippen LogP contribution in [0.1, 0.15) is 29.9 Å². The molecule has 8 nitrogen and oxygen atoms in total. The summed E-state index contributed by atoms with van der Waals surface area (Å²) >= 11 is 5.61. The molecule has 0 unspecified atom stereocenters. The molecular weight excluding hydrogens is 403 g/mol. The summed E-state index contributed by atoms with van der Waals surface area (Å²) < 4.78 is 23.7. The van der Waals surface area contributed by atoms with E-state index in [-0.39, 0.29) is 46.1 Å². The molecule has 2 aromatic rings. The Bertz CT molecular complexity index is 967. The molecule has 3 aliphatic rings. The van der Waals surface area contributed by atoms with E-state index in [4.69, 9.17) is 21.1 Å². The molecule has 0 spiro atoms. The number of nitrogens with zero attached hydrogens (tertiary/aromatic N) is 2. The summed E-state index contributed by atoms with van der Waals surface area (Å²) in [7, 11) is 1.46. The molecule has 1 heterocycles. The van der Waals surface area contributed by atoms with Gasteiger partial charge in [-0.1, -0.05) is 11.6 Å². The minimum atomic E-state index is -0.610. The Hall–Kier alpha value is -2.94. The standard InChI is InChI=1S/C19H18ClFN4O4/c1-28-15-4-5-22-16(23-15)17(27)25-19-8-18(9-19,10-19)24-14(26)7-29-11-2-3-12(20)13(21)6-11/h2-6H,7-10H2,1H3,(H,24,26)(H,25,27). The number of amides is 2. The van der Waals surface area contributed by atoms with E-state index in [1.165, 1.54) is 25.4 Å². The summed E-state index contributed by atoms with van der Waals surface area (Å²) in [4.78, 5) is 32.5. The van der Waals surface area contributed by atoms with Crippen LogP contribution in [0.5, 0.6) is 11.6 Å². The number of carbonyl (C=O) groups is 2. The van der Waals surface area contributed by atoms with Gasteiger partial charge < -0.3 is 20.1 Å². The molecule has 0 aliphatic heterocycles. The second-order valence-electron chi connectivity index (χ2n) is 7.38. The molecule has 152 valence electrons. The Kier molecular flexibility index (Phi) is 4.77. The predicted molar refractivity (Wildman–Crippen MR) is 100 cm³/mol. The van der Waals surface area contributed by atoms with Crippen LogP contribution in [0.3, 0.4) is 0 Å². The van der Waals surface area contributed by atoms with Crippen molar-refractivity contribution in [2.45, 2.75) is 30.3 Å². The van der Waals surface area contributed by atoms with Crippen LogP contribution in [0.2, 0.25) is 5.02 Å². The van der Waals surface area contributed by atoms with E-state index in [1.54, 1.807) is 6.07 Å². The minimum Gasteiger partial charge on any atom is -0.484 e. The van der Waals surface area contributed by atoms with E-state index in [0.717, 1.165) is 6.07 Å². The fourth-order valence-corrected chi connectivity index (χ4v) is 4.08. The molecule has 3 saturated carbocycles. The van der Waals surface area contributed by atoms with Gasteiger partial charge in [0.2, 0.25) is 11.7 Å². The van der Waals surface area contributed by atoms with Crippen molar-refractivity contribution in [3.8, 4) is 11.6 Å².